The van der Waals surface area contributed by atoms with Crippen molar-refractivity contribution in [2.45, 2.75) is 60.5 Å². The Hall–Kier alpha value is -3.70. The van der Waals surface area contributed by atoms with E-state index in [1.165, 1.54) is 4.68 Å². The predicted octanol–water partition coefficient (Wildman–Crippen LogP) is 8.03. The monoisotopic (exact) mass is 741 g/mol. The second kappa shape index (κ2) is 15.1. The summed E-state index contributed by atoms with van der Waals surface area (Å²) in [6.45, 7) is 14.4. The van der Waals surface area contributed by atoms with Gasteiger partial charge in [-0.05, 0) is 114 Å². The SMILES string of the molecule is CCOC(=O)[C@H](C)Oc1c(OCC)cc(C=Nn2c(-c3cc(C(C)C)c(OCC)cc3C)nc3ccccc3c2=O)c(Br)c1Br. The molecule has 1 aromatic heterocycles. The minimum Gasteiger partial charge on any atom is -0.494 e. The lowest BCUT2D eigenvalue weighted by Crippen LogP contribution is -2.26. The number of para-hydroxylation sites is 1. The highest BCUT2D eigenvalue weighted by Crippen LogP contribution is 2.43. The minimum atomic E-state index is -0.871. The van der Waals surface area contributed by atoms with E-state index in [1.807, 2.05) is 45.0 Å². The van der Waals surface area contributed by atoms with Crippen molar-refractivity contribution in [3.63, 3.8) is 0 Å². The van der Waals surface area contributed by atoms with Crippen LogP contribution in [-0.4, -0.2) is 47.8 Å². The molecule has 45 heavy (non-hydrogen) atoms. The Bertz CT molecular complexity index is 1800. The number of hydrogen-bond acceptors (Lipinski definition) is 8. The summed E-state index contributed by atoms with van der Waals surface area (Å²) in [4.78, 5) is 31.1. The van der Waals surface area contributed by atoms with E-state index in [0.717, 1.165) is 22.4 Å². The topological polar surface area (TPSA) is 101 Å². The number of aromatic nitrogens is 2. The van der Waals surface area contributed by atoms with Gasteiger partial charge in [-0.2, -0.15) is 9.78 Å². The number of aryl methyl sites for hydroxylation is 1. The van der Waals surface area contributed by atoms with Gasteiger partial charge in [0, 0.05) is 15.6 Å². The number of nitrogens with zero attached hydrogens (tertiary/aromatic N) is 3. The molecule has 0 aliphatic carbocycles. The first-order valence-electron chi connectivity index (χ1n) is 14.8. The molecule has 0 aliphatic heterocycles. The number of ether oxygens (including phenoxy) is 4. The molecule has 0 amide bonds. The molecule has 3 aromatic carbocycles. The van der Waals surface area contributed by atoms with E-state index in [9.17, 15) is 9.59 Å². The van der Waals surface area contributed by atoms with Crippen molar-refractivity contribution in [3.8, 4) is 28.6 Å². The van der Waals surface area contributed by atoms with Crippen LogP contribution in [0, 0.1) is 6.92 Å². The molecule has 0 aliphatic rings. The van der Waals surface area contributed by atoms with E-state index in [-0.39, 0.29) is 18.1 Å². The third-order valence-electron chi connectivity index (χ3n) is 6.95. The van der Waals surface area contributed by atoms with Crippen LogP contribution in [0.15, 0.2) is 61.3 Å². The Morgan fingerprint density at radius 3 is 2.33 bits per heavy atom. The molecule has 0 fully saturated rings. The van der Waals surface area contributed by atoms with Gasteiger partial charge in [0.15, 0.2) is 23.4 Å². The van der Waals surface area contributed by atoms with Crippen molar-refractivity contribution < 1.29 is 23.7 Å². The summed E-state index contributed by atoms with van der Waals surface area (Å²) in [6.07, 6.45) is 0.689. The number of fused-ring (bicyclic) bond motifs is 1. The summed E-state index contributed by atoms with van der Waals surface area (Å²) in [5, 5.41) is 5.13. The van der Waals surface area contributed by atoms with Crippen molar-refractivity contribution in [1.82, 2.24) is 9.66 Å². The Balaban J connectivity index is 1.90. The Morgan fingerprint density at radius 1 is 0.978 bits per heavy atom. The summed E-state index contributed by atoms with van der Waals surface area (Å²) in [5.41, 5.74) is 3.54. The lowest BCUT2D eigenvalue weighted by Gasteiger charge is -2.19. The quantitative estimate of drug-likeness (QED) is 0.107. The zero-order valence-corrected chi connectivity index (χ0v) is 29.6. The lowest BCUT2D eigenvalue weighted by molar-refractivity contribution is -0.150. The highest BCUT2D eigenvalue weighted by Gasteiger charge is 2.24. The summed E-state index contributed by atoms with van der Waals surface area (Å²) in [7, 11) is 0. The second-order valence-electron chi connectivity index (χ2n) is 10.5. The Labute approximate surface area is 279 Å². The van der Waals surface area contributed by atoms with Crippen LogP contribution < -0.4 is 19.8 Å². The number of rotatable bonds is 12. The van der Waals surface area contributed by atoms with E-state index in [4.69, 9.17) is 23.9 Å². The van der Waals surface area contributed by atoms with Crippen molar-refractivity contribution >= 4 is 54.9 Å². The number of benzene rings is 3. The fourth-order valence-corrected chi connectivity index (χ4v) is 5.67. The van der Waals surface area contributed by atoms with Gasteiger partial charge in [-0.25, -0.2) is 9.78 Å². The molecule has 0 spiro atoms. The van der Waals surface area contributed by atoms with Crippen LogP contribution in [0.3, 0.4) is 0 Å². The average molecular weight is 743 g/mol. The molecule has 238 valence electrons. The summed E-state index contributed by atoms with van der Waals surface area (Å²) >= 11 is 7.21. The van der Waals surface area contributed by atoms with Crippen molar-refractivity contribution in [2.75, 3.05) is 19.8 Å². The summed E-state index contributed by atoms with van der Waals surface area (Å²) in [5.74, 6) is 1.61. The van der Waals surface area contributed by atoms with Gasteiger partial charge < -0.3 is 18.9 Å². The Morgan fingerprint density at radius 2 is 1.67 bits per heavy atom. The van der Waals surface area contributed by atoms with Crippen LogP contribution in [-0.2, 0) is 9.53 Å². The molecule has 0 N–H and O–H groups in total. The fraction of sp³-hybridized carbons (Fsp3) is 0.353. The molecule has 9 nitrogen and oxygen atoms in total. The third kappa shape index (κ3) is 7.41. The predicted molar refractivity (Wildman–Crippen MR) is 184 cm³/mol. The van der Waals surface area contributed by atoms with Gasteiger partial charge in [-0.3, -0.25) is 4.79 Å². The van der Waals surface area contributed by atoms with E-state index in [1.54, 1.807) is 38.3 Å². The van der Waals surface area contributed by atoms with Crippen molar-refractivity contribution in [2.24, 2.45) is 5.10 Å². The molecular formula is C34H37Br2N3O6. The van der Waals surface area contributed by atoms with E-state index < -0.39 is 12.1 Å². The largest absolute Gasteiger partial charge is 0.494 e. The van der Waals surface area contributed by atoms with Crippen LogP contribution in [0.4, 0.5) is 0 Å². The first-order valence-corrected chi connectivity index (χ1v) is 16.4. The summed E-state index contributed by atoms with van der Waals surface area (Å²) < 4.78 is 25.3. The molecule has 1 atom stereocenters. The van der Waals surface area contributed by atoms with Crippen LogP contribution in [0.5, 0.6) is 17.2 Å². The van der Waals surface area contributed by atoms with Gasteiger partial charge in [0.1, 0.15) is 5.75 Å². The zero-order valence-electron chi connectivity index (χ0n) is 26.4. The van der Waals surface area contributed by atoms with Gasteiger partial charge in [0.25, 0.3) is 5.56 Å². The molecular weight excluding hydrogens is 706 g/mol. The van der Waals surface area contributed by atoms with Gasteiger partial charge >= 0.3 is 5.97 Å². The molecule has 4 rings (SSSR count). The lowest BCUT2D eigenvalue weighted by atomic mass is 9.96. The van der Waals surface area contributed by atoms with Gasteiger partial charge in [0.2, 0.25) is 0 Å². The normalized spacial score (nSPS) is 12.1. The van der Waals surface area contributed by atoms with Gasteiger partial charge in [-0.15, -0.1) is 0 Å². The molecule has 1 heterocycles. The standard InChI is InChI=1S/C34H37Br2N3O6/c1-8-42-27-15-20(6)25(17-24(27)19(4)5)32-38-26-14-12-11-13-23(26)33(40)39(32)37-18-22-16-28(43-9-2)31(30(36)29(22)35)45-21(7)34(41)44-10-3/h11-19,21H,8-10H2,1-7H3/t21-/m0/s1. The van der Waals surface area contributed by atoms with Crippen LogP contribution in [0.2, 0.25) is 0 Å². The third-order valence-corrected chi connectivity index (χ3v) is 9.10. The molecule has 0 saturated heterocycles. The highest BCUT2D eigenvalue weighted by molar-refractivity contribution is 9.13. The fourth-order valence-electron chi connectivity index (χ4n) is 4.75. The maximum absolute atomic E-state index is 13.9. The first-order chi connectivity index (χ1) is 21.5. The molecule has 11 heteroatoms. The molecule has 0 unspecified atom stereocenters. The highest BCUT2D eigenvalue weighted by atomic mass is 79.9. The number of hydrogen-bond donors (Lipinski definition) is 0. The molecule has 0 saturated carbocycles. The zero-order chi connectivity index (χ0) is 32.8. The van der Waals surface area contributed by atoms with Crippen LogP contribution >= 0.6 is 31.9 Å². The molecule has 0 radical (unpaired) electrons. The van der Waals surface area contributed by atoms with E-state index >= 15 is 0 Å². The number of esters is 1. The van der Waals surface area contributed by atoms with E-state index in [2.05, 4.69) is 50.8 Å². The maximum Gasteiger partial charge on any atom is 0.347 e. The summed E-state index contributed by atoms with van der Waals surface area (Å²) in [6, 6.07) is 13.0. The van der Waals surface area contributed by atoms with Crippen LogP contribution in [0.25, 0.3) is 22.3 Å². The first kappa shape index (κ1) is 34.2. The molecule has 0 bridgehead atoms. The second-order valence-corrected chi connectivity index (χ2v) is 12.1. The maximum atomic E-state index is 13.9. The smallest absolute Gasteiger partial charge is 0.347 e. The van der Waals surface area contributed by atoms with Crippen molar-refractivity contribution in [1.29, 1.82) is 0 Å². The van der Waals surface area contributed by atoms with Crippen LogP contribution in [0.1, 0.15) is 64.2 Å². The van der Waals surface area contributed by atoms with E-state index in [0.29, 0.717) is 55.9 Å². The van der Waals surface area contributed by atoms with Gasteiger partial charge in [0.05, 0.1) is 41.4 Å². The molecule has 4 aromatic rings. The average Bonchev–Trinajstić information content (AvgIpc) is 3.01. The number of carbonyl (C=O) groups excluding carboxylic acids is 1. The minimum absolute atomic E-state index is 0.174. The number of carbonyl (C=O) groups is 1. The van der Waals surface area contributed by atoms with Gasteiger partial charge in [-0.1, -0.05) is 26.0 Å². The van der Waals surface area contributed by atoms with Crippen molar-refractivity contribution in [3.05, 3.63) is 78.5 Å². The number of halogens is 2. The Kier molecular flexibility index (Phi) is 11.4.